The van der Waals surface area contributed by atoms with Crippen LogP contribution >= 0.6 is 0 Å². The van der Waals surface area contributed by atoms with E-state index in [-0.39, 0.29) is 20.0 Å². The highest BCUT2D eigenvalue weighted by molar-refractivity contribution is 6.67. The third kappa shape index (κ3) is 2.51. The summed E-state index contributed by atoms with van der Waals surface area (Å²) in [6.45, 7) is 5.17. The molecule has 0 atom stereocenters. The Morgan fingerprint density at radius 3 is 1.50 bits per heavy atom. The molecular formula is C8H16B2O4. The second-order valence-electron chi connectivity index (χ2n) is 3.79. The van der Waals surface area contributed by atoms with Crippen LogP contribution in [0, 0.1) is 0 Å². The molecule has 0 amide bonds. The Balaban J connectivity index is 1.82. The Hall–Kier alpha value is -0.0301. The van der Waals surface area contributed by atoms with Crippen LogP contribution in [0.1, 0.15) is 19.8 Å². The van der Waals surface area contributed by atoms with Gasteiger partial charge >= 0.3 is 14.2 Å². The summed E-state index contributed by atoms with van der Waals surface area (Å²) in [7, 11) is -0.321. The Labute approximate surface area is 85.5 Å². The molecule has 6 heteroatoms. The molecule has 2 fully saturated rings. The van der Waals surface area contributed by atoms with Crippen molar-refractivity contribution in [2.24, 2.45) is 0 Å². The molecule has 0 aromatic heterocycles. The lowest BCUT2D eigenvalue weighted by molar-refractivity contribution is 0.110. The van der Waals surface area contributed by atoms with Gasteiger partial charge in [0.15, 0.2) is 0 Å². The molecule has 0 saturated carbocycles. The van der Waals surface area contributed by atoms with Gasteiger partial charge in [0.2, 0.25) is 0 Å². The molecule has 0 aliphatic carbocycles. The zero-order valence-corrected chi connectivity index (χ0v) is 8.61. The monoisotopic (exact) mass is 198 g/mol. The smallest absolute Gasteiger partial charge is 0.411 e. The van der Waals surface area contributed by atoms with E-state index in [2.05, 4.69) is 0 Å². The van der Waals surface area contributed by atoms with E-state index in [1.807, 2.05) is 6.92 Å². The third-order valence-corrected chi connectivity index (χ3v) is 2.56. The van der Waals surface area contributed by atoms with Crippen LogP contribution in [0.3, 0.4) is 0 Å². The zero-order valence-electron chi connectivity index (χ0n) is 8.61. The second kappa shape index (κ2) is 5.16. The molecule has 14 heavy (non-hydrogen) atoms. The molecule has 0 radical (unpaired) electrons. The highest BCUT2D eigenvalue weighted by atomic mass is 16.6. The molecule has 2 heterocycles. The summed E-state index contributed by atoms with van der Waals surface area (Å²) >= 11 is 0. The third-order valence-electron chi connectivity index (χ3n) is 2.56. The van der Waals surface area contributed by atoms with E-state index in [1.165, 1.54) is 0 Å². The van der Waals surface area contributed by atoms with Crippen LogP contribution in [0.2, 0.25) is 5.72 Å². The first-order chi connectivity index (χ1) is 6.88. The summed E-state index contributed by atoms with van der Waals surface area (Å²) in [6, 6.07) is 0. The van der Waals surface area contributed by atoms with Gasteiger partial charge in [0.1, 0.15) is 0 Å². The van der Waals surface area contributed by atoms with Crippen molar-refractivity contribution in [3.05, 3.63) is 0 Å². The topological polar surface area (TPSA) is 36.9 Å². The Kier molecular flexibility index (Phi) is 3.87. The molecule has 4 nitrogen and oxygen atoms in total. The minimum Gasteiger partial charge on any atom is -0.411 e. The van der Waals surface area contributed by atoms with Crippen molar-refractivity contribution >= 4 is 14.2 Å². The second-order valence-corrected chi connectivity index (χ2v) is 3.79. The van der Waals surface area contributed by atoms with Crippen molar-refractivity contribution in [3.8, 4) is 0 Å². The average Bonchev–Trinajstić information content (AvgIpc) is 2.30. The van der Waals surface area contributed by atoms with Crippen molar-refractivity contribution in [3.63, 3.8) is 0 Å². The molecular weight excluding hydrogens is 182 g/mol. The highest BCUT2D eigenvalue weighted by Crippen LogP contribution is 2.22. The predicted octanol–water partition coefficient (Wildman–Crippen LogP) is 0.766. The Morgan fingerprint density at radius 1 is 0.786 bits per heavy atom. The first kappa shape index (κ1) is 10.5. The predicted molar refractivity (Wildman–Crippen MR) is 54.0 cm³/mol. The molecule has 2 aliphatic rings. The molecule has 78 valence electrons. The van der Waals surface area contributed by atoms with Crippen LogP contribution in [0.4, 0.5) is 0 Å². The minimum absolute atomic E-state index is 0.149. The molecule has 0 aromatic rings. The summed E-state index contributed by atoms with van der Waals surface area (Å²) < 4.78 is 22.0. The lowest BCUT2D eigenvalue weighted by atomic mass is 9.52. The van der Waals surface area contributed by atoms with Crippen LogP contribution in [0.5, 0.6) is 0 Å². The van der Waals surface area contributed by atoms with Crippen LogP contribution < -0.4 is 0 Å². The van der Waals surface area contributed by atoms with Crippen LogP contribution in [0.15, 0.2) is 0 Å². The molecule has 2 aliphatic heterocycles. The number of hydrogen-bond acceptors (Lipinski definition) is 4. The lowest BCUT2D eigenvalue weighted by Gasteiger charge is -2.29. The molecule has 0 aromatic carbocycles. The van der Waals surface area contributed by atoms with Crippen molar-refractivity contribution in [1.29, 1.82) is 0 Å². The van der Waals surface area contributed by atoms with Crippen molar-refractivity contribution in [2.75, 3.05) is 26.4 Å². The SMILES string of the molecule is CC(B1OCCCO1)B1OCCCO1. The molecule has 2 saturated heterocycles. The van der Waals surface area contributed by atoms with Gasteiger partial charge in [-0.2, -0.15) is 0 Å². The Bertz CT molecular complexity index is 151. The van der Waals surface area contributed by atoms with Gasteiger partial charge in [-0.25, -0.2) is 0 Å². The largest absolute Gasteiger partial charge is 0.457 e. The fraction of sp³-hybridized carbons (Fsp3) is 1.00. The van der Waals surface area contributed by atoms with Crippen LogP contribution in [-0.4, -0.2) is 40.7 Å². The first-order valence-electron chi connectivity index (χ1n) is 5.34. The lowest BCUT2D eigenvalue weighted by Crippen LogP contribution is -2.44. The molecule has 0 unspecified atom stereocenters. The minimum atomic E-state index is -0.160. The number of rotatable bonds is 2. The maximum atomic E-state index is 5.51. The van der Waals surface area contributed by atoms with Crippen molar-refractivity contribution in [1.82, 2.24) is 0 Å². The van der Waals surface area contributed by atoms with E-state index in [1.54, 1.807) is 0 Å². The van der Waals surface area contributed by atoms with E-state index >= 15 is 0 Å². The molecule has 0 bridgehead atoms. The summed E-state index contributed by atoms with van der Waals surface area (Å²) in [4.78, 5) is 0. The van der Waals surface area contributed by atoms with E-state index < -0.39 is 0 Å². The summed E-state index contributed by atoms with van der Waals surface area (Å²) in [5, 5.41) is 0. The molecule has 2 rings (SSSR count). The maximum Gasteiger partial charge on any atom is 0.457 e. The summed E-state index contributed by atoms with van der Waals surface area (Å²) in [6.07, 6.45) is 1.96. The highest BCUT2D eigenvalue weighted by Gasteiger charge is 2.41. The summed E-state index contributed by atoms with van der Waals surface area (Å²) in [5.41, 5.74) is 0.149. The van der Waals surface area contributed by atoms with E-state index in [0.717, 1.165) is 39.3 Å². The van der Waals surface area contributed by atoms with E-state index in [4.69, 9.17) is 18.6 Å². The quantitative estimate of drug-likeness (QED) is 0.613. The zero-order chi connectivity index (χ0) is 9.80. The standard InChI is InChI=1S/C8H16B2O4/c1-8(9-11-4-2-5-12-9)10-13-6-3-7-14-10/h8H,2-7H2,1H3. The average molecular weight is 198 g/mol. The molecule has 0 N–H and O–H groups in total. The van der Waals surface area contributed by atoms with Gasteiger partial charge in [-0.05, 0) is 12.8 Å². The summed E-state index contributed by atoms with van der Waals surface area (Å²) in [5.74, 6) is 0. The van der Waals surface area contributed by atoms with E-state index in [9.17, 15) is 0 Å². The van der Waals surface area contributed by atoms with Gasteiger partial charge in [-0.1, -0.05) is 6.92 Å². The fourth-order valence-corrected chi connectivity index (χ4v) is 1.75. The molecule has 0 spiro atoms. The number of hydrogen-bond donors (Lipinski definition) is 0. The van der Waals surface area contributed by atoms with Gasteiger partial charge in [-0.3, -0.25) is 0 Å². The van der Waals surface area contributed by atoms with Gasteiger partial charge in [-0.15, -0.1) is 0 Å². The Morgan fingerprint density at radius 2 is 1.14 bits per heavy atom. The van der Waals surface area contributed by atoms with E-state index in [0.29, 0.717) is 0 Å². The van der Waals surface area contributed by atoms with Crippen molar-refractivity contribution in [2.45, 2.75) is 25.5 Å². The normalized spacial score (nSPS) is 24.4. The van der Waals surface area contributed by atoms with Gasteiger partial charge in [0.05, 0.1) is 0 Å². The van der Waals surface area contributed by atoms with Crippen LogP contribution in [-0.2, 0) is 18.6 Å². The van der Waals surface area contributed by atoms with Gasteiger partial charge in [0, 0.05) is 32.1 Å². The van der Waals surface area contributed by atoms with Crippen LogP contribution in [0.25, 0.3) is 0 Å². The van der Waals surface area contributed by atoms with Crippen molar-refractivity contribution < 1.29 is 18.6 Å². The van der Waals surface area contributed by atoms with Gasteiger partial charge < -0.3 is 18.6 Å². The maximum absolute atomic E-state index is 5.51. The van der Waals surface area contributed by atoms with Gasteiger partial charge in [0.25, 0.3) is 0 Å². The first-order valence-corrected chi connectivity index (χ1v) is 5.34. The fourth-order valence-electron chi connectivity index (χ4n) is 1.75.